The maximum absolute atomic E-state index is 5.58. The fourth-order valence-electron chi connectivity index (χ4n) is 1.75. The summed E-state index contributed by atoms with van der Waals surface area (Å²) in [6.45, 7) is 3.67. The van der Waals surface area contributed by atoms with Crippen LogP contribution in [-0.2, 0) is 6.42 Å². The van der Waals surface area contributed by atoms with E-state index in [1.165, 1.54) is 11.8 Å². The Hall–Kier alpha value is -2.16. The highest BCUT2D eigenvalue weighted by Crippen LogP contribution is 2.21. The van der Waals surface area contributed by atoms with E-state index in [0.29, 0.717) is 5.70 Å². The standard InChI is InChI=1S/C15H20N2O/c1-12(17)11-13(9-10-16)7-8-14-5-3-4-6-15(14)18-2/h3-6,9-11H,1,7-8,16-17H2,2H3/b10-9-,13-11-. The first-order valence-electron chi connectivity index (χ1n) is 5.82. The maximum atomic E-state index is 5.58. The lowest BCUT2D eigenvalue weighted by Crippen LogP contribution is -1.96. The molecule has 0 aliphatic rings. The number of allylic oxidation sites excluding steroid dienone is 3. The molecule has 0 bridgehead atoms. The van der Waals surface area contributed by atoms with Crippen molar-refractivity contribution in [2.45, 2.75) is 12.8 Å². The first kappa shape index (κ1) is 13.9. The number of rotatable bonds is 6. The molecule has 0 atom stereocenters. The van der Waals surface area contributed by atoms with Gasteiger partial charge in [-0.15, -0.1) is 0 Å². The number of nitrogens with two attached hydrogens (primary N) is 2. The summed E-state index contributed by atoms with van der Waals surface area (Å²) in [6, 6.07) is 7.97. The zero-order chi connectivity index (χ0) is 13.4. The Morgan fingerprint density at radius 1 is 1.39 bits per heavy atom. The molecule has 0 fully saturated rings. The Bertz CT molecular complexity index is 461. The van der Waals surface area contributed by atoms with Crippen molar-refractivity contribution in [2.24, 2.45) is 11.5 Å². The molecule has 0 radical (unpaired) electrons. The summed E-state index contributed by atoms with van der Waals surface area (Å²) in [5, 5.41) is 0. The number of aryl methyl sites for hydroxylation is 1. The van der Waals surface area contributed by atoms with Crippen LogP contribution in [0.25, 0.3) is 0 Å². The van der Waals surface area contributed by atoms with Gasteiger partial charge in [-0.1, -0.05) is 24.8 Å². The van der Waals surface area contributed by atoms with Crippen molar-refractivity contribution in [1.29, 1.82) is 0 Å². The first-order chi connectivity index (χ1) is 8.67. The Morgan fingerprint density at radius 3 is 2.72 bits per heavy atom. The maximum Gasteiger partial charge on any atom is 0.122 e. The highest BCUT2D eigenvalue weighted by Gasteiger charge is 2.02. The van der Waals surface area contributed by atoms with Gasteiger partial charge in [0.25, 0.3) is 0 Å². The Morgan fingerprint density at radius 2 is 2.11 bits per heavy atom. The van der Waals surface area contributed by atoms with Crippen LogP contribution in [0.2, 0.25) is 0 Å². The van der Waals surface area contributed by atoms with Crippen molar-refractivity contribution in [2.75, 3.05) is 7.11 Å². The molecule has 1 aromatic carbocycles. The number of para-hydroxylation sites is 1. The van der Waals surface area contributed by atoms with Gasteiger partial charge >= 0.3 is 0 Å². The molecule has 3 nitrogen and oxygen atoms in total. The average Bonchev–Trinajstić information content (AvgIpc) is 2.36. The van der Waals surface area contributed by atoms with E-state index in [1.807, 2.05) is 30.4 Å². The lowest BCUT2D eigenvalue weighted by Gasteiger charge is -2.08. The van der Waals surface area contributed by atoms with Gasteiger partial charge in [0.05, 0.1) is 7.11 Å². The topological polar surface area (TPSA) is 61.3 Å². The molecule has 0 heterocycles. The van der Waals surface area contributed by atoms with Crippen LogP contribution in [0.15, 0.2) is 60.5 Å². The Labute approximate surface area is 108 Å². The van der Waals surface area contributed by atoms with Gasteiger partial charge in [-0.25, -0.2) is 0 Å². The predicted octanol–water partition coefficient (Wildman–Crippen LogP) is 2.50. The number of hydrogen-bond donors (Lipinski definition) is 2. The third-order valence-corrected chi connectivity index (χ3v) is 2.56. The molecule has 4 N–H and O–H groups in total. The molecular formula is C15H20N2O. The van der Waals surface area contributed by atoms with Gasteiger partial charge in [-0.05, 0) is 48.4 Å². The molecule has 1 aromatic rings. The van der Waals surface area contributed by atoms with Gasteiger partial charge in [0.2, 0.25) is 0 Å². The van der Waals surface area contributed by atoms with Gasteiger partial charge in [0, 0.05) is 5.70 Å². The molecule has 0 aliphatic carbocycles. The normalized spacial score (nSPS) is 11.7. The molecule has 0 saturated heterocycles. The van der Waals surface area contributed by atoms with Crippen molar-refractivity contribution in [1.82, 2.24) is 0 Å². The van der Waals surface area contributed by atoms with Gasteiger partial charge in [-0.3, -0.25) is 0 Å². The van der Waals surface area contributed by atoms with E-state index < -0.39 is 0 Å². The minimum absolute atomic E-state index is 0.531. The summed E-state index contributed by atoms with van der Waals surface area (Å²) < 4.78 is 5.31. The van der Waals surface area contributed by atoms with E-state index in [2.05, 4.69) is 12.6 Å². The minimum Gasteiger partial charge on any atom is -0.496 e. The van der Waals surface area contributed by atoms with E-state index in [9.17, 15) is 0 Å². The van der Waals surface area contributed by atoms with Gasteiger partial charge in [0.15, 0.2) is 0 Å². The molecule has 0 aromatic heterocycles. The zero-order valence-electron chi connectivity index (χ0n) is 10.7. The lowest BCUT2D eigenvalue weighted by atomic mass is 10.0. The second kappa shape index (κ2) is 7.22. The number of methoxy groups -OCH3 is 1. The second-order valence-electron chi connectivity index (χ2n) is 3.97. The number of ether oxygens (including phenoxy) is 1. The van der Waals surface area contributed by atoms with Crippen molar-refractivity contribution in [3.8, 4) is 5.75 Å². The highest BCUT2D eigenvalue weighted by atomic mass is 16.5. The molecule has 0 unspecified atom stereocenters. The number of hydrogen-bond acceptors (Lipinski definition) is 3. The monoisotopic (exact) mass is 244 g/mol. The van der Waals surface area contributed by atoms with Crippen molar-refractivity contribution in [3.05, 3.63) is 66.0 Å². The second-order valence-corrected chi connectivity index (χ2v) is 3.97. The van der Waals surface area contributed by atoms with E-state index in [1.54, 1.807) is 7.11 Å². The van der Waals surface area contributed by atoms with Crippen molar-refractivity contribution in [3.63, 3.8) is 0 Å². The smallest absolute Gasteiger partial charge is 0.122 e. The van der Waals surface area contributed by atoms with Gasteiger partial charge < -0.3 is 16.2 Å². The molecule has 3 heteroatoms. The van der Waals surface area contributed by atoms with Crippen molar-refractivity contribution < 1.29 is 4.74 Å². The first-order valence-corrected chi connectivity index (χ1v) is 5.82. The molecule has 18 heavy (non-hydrogen) atoms. The van der Waals surface area contributed by atoms with Crippen LogP contribution >= 0.6 is 0 Å². The van der Waals surface area contributed by atoms with Crippen LogP contribution in [0.4, 0.5) is 0 Å². The molecule has 0 aliphatic heterocycles. The summed E-state index contributed by atoms with van der Waals surface area (Å²) in [4.78, 5) is 0. The molecule has 0 saturated carbocycles. The SMILES string of the molecule is C=C(N)/C=C(\C=C/N)CCc1ccccc1OC. The van der Waals surface area contributed by atoms with Crippen LogP contribution < -0.4 is 16.2 Å². The third-order valence-electron chi connectivity index (χ3n) is 2.56. The molecular weight excluding hydrogens is 224 g/mol. The summed E-state index contributed by atoms with van der Waals surface area (Å²) in [7, 11) is 1.68. The zero-order valence-corrected chi connectivity index (χ0v) is 10.7. The Kier molecular flexibility index (Phi) is 5.58. The quantitative estimate of drug-likeness (QED) is 0.756. The van der Waals surface area contributed by atoms with E-state index in [4.69, 9.17) is 16.2 Å². The van der Waals surface area contributed by atoms with Crippen molar-refractivity contribution >= 4 is 0 Å². The van der Waals surface area contributed by atoms with Crippen LogP contribution in [0.3, 0.4) is 0 Å². The molecule has 0 spiro atoms. The van der Waals surface area contributed by atoms with E-state index in [-0.39, 0.29) is 0 Å². The van der Waals surface area contributed by atoms with Crippen LogP contribution in [-0.4, -0.2) is 7.11 Å². The Balaban J connectivity index is 2.76. The summed E-state index contributed by atoms with van der Waals surface area (Å²) >= 11 is 0. The molecule has 0 amide bonds. The predicted molar refractivity (Wildman–Crippen MR) is 76.1 cm³/mol. The number of benzene rings is 1. The van der Waals surface area contributed by atoms with Gasteiger partial charge in [0.1, 0.15) is 5.75 Å². The van der Waals surface area contributed by atoms with E-state index in [0.717, 1.165) is 24.2 Å². The summed E-state index contributed by atoms with van der Waals surface area (Å²) in [5.74, 6) is 0.903. The van der Waals surface area contributed by atoms with Crippen LogP contribution in [0.5, 0.6) is 5.75 Å². The van der Waals surface area contributed by atoms with Crippen LogP contribution in [0.1, 0.15) is 12.0 Å². The summed E-state index contributed by atoms with van der Waals surface area (Å²) in [5.41, 5.74) is 13.7. The van der Waals surface area contributed by atoms with Gasteiger partial charge in [-0.2, -0.15) is 0 Å². The van der Waals surface area contributed by atoms with E-state index >= 15 is 0 Å². The molecule has 96 valence electrons. The largest absolute Gasteiger partial charge is 0.496 e. The van der Waals surface area contributed by atoms with Crippen LogP contribution in [0, 0.1) is 0 Å². The fourth-order valence-corrected chi connectivity index (χ4v) is 1.75. The third kappa shape index (κ3) is 4.37. The molecule has 1 rings (SSSR count). The highest BCUT2D eigenvalue weighted by molar-refractivity contribution is 5.35. The average molecular weight is 244 g/mol. The summed E-state index contributed by atoms with van der Waals surface area (Å²) in [6.07, 6.45) is 6.89. The fraction of sp³-hybridized carbons (Fsp3) is 0.200. The lowest BCUT2D eigenvalue weighted by molar-refractivity contribution is 0.409. The minimum atomic E-state index is 0.531.